The molecule has 0 N–H and O–H groups in total. The van der Waals surface area contributed by atoms with Crippen molar-refractivity contribution in [3.63, 3.8) is 0 Å². The molecule has 0 aliphatic carbocycles. The number of amides is 1. The summed E-state index contributed by atoms with van der Waals surface area (Å²) in [5, 5.41) is 10.2. The van der Waals surface area contributed by atoms with E-state index in [1.807, 2.05) is 72.5 Å². The Balaban J connectivity index is 1.41. The number of carbonyl (C=O) groups is 1. The molecule has 7 heteroatoms. The van der Waals surface area contributed by atoms with Gasteiger partial charge in [-0.1, -0.05) is 54.1 Å². The van der Waals surface area contributed by atoms with Crippen molar-refractivity contribution >= 4 is 28.4 Å². The van der Waals surface area contributed by atoms with Gasteiger partial charge in [0, 0.05) is 42.7 Å². The molecule has 1 aliphatic rings. The molecule has 5 aromatic rings. The molecule has 3 aromatic carbocycles. The zero-order chi connectivity index (χ0) is 24.6. The predicted octanol–water partition coefficient (Wildman–Crippen LogP) is 4.91. The van der Waals surface area contributed by atoms with Gasteiger partial charge in [0.1, 0.15) is 0 Å². The topological polar surface area (TPSA) is 66.6 Å². The number of hydrogen-bond acceptors (Lipinski definition) is 5. The van der Waals surface area contributed by atoms with E-state index >= 15 is 0 Å². The molecule has 1 saturated heterocycles. The number of para-hydroxylation sites is 1. The number of nitrogens with zero attached hydrogens (tertiary/aromatic N) is 6. The lowest BCUT2D eigenvalue weighted by Gasteiger charge is -2.24. The van der Waals surface area contributed by atoms with Gasteiger partial charge in [0.05, 0.1) is 5.52 Å². The second-order valence-corrected chi connectivity index (χ2v) is 9.43. The SMILES string of the molecule is Cc1cccc(C(=O)N2CCCN(c3nc4ccccc4c4nnc(-c5ccccc5C)n34)CC2)c1. The van der Waals surface area contributed by atoms with Gasteiger partial charge in [0.15, 0.2) is 11.5 Å². The summed E-state index contributed by atoms with van der Waals surface area (Å²) in [4.78, 5) is 22.6. The van der Waals surface area contributed by atoms with Crippen LogP contribution in [0.2, 0.25) is 0 Å². The summed E-state index contributed by atoms with van der Waals surface area (Å²) < 4.78 is 2.09. The van der Waals surface area contributed by atoms with Gasteiger partial charge >= 0.3 is 0 Å². The minimum absolute atomic E-state index is 0.0852. The van der Waals surface area contributed by atoms with E-state index in [9.17, 15) is 4.79 Å². The first kappa shape index (κ1) is 22.2. The summed E-state index contributed by atoms with van der Waals surface area (Å²) in [6.45, 7) is 6.93. The van der Waals surface area contributed by atoms with Crippen molar-refractivity contribution in [2.45, 2.75) is 20.3 Å². The number of rotatable bonds is 3. The first-order valence-electron chi connectivity index (χ1n) is 12.4. The summed E-state index contributed by atoms with van der Waals surface area (Å²) in [6, 6.07) is 24.1. The van der Waals surface area contributed by atoms with Gasteiger partial charge in [0.25, 0.3) is 5.91 Å². The van der Waals surface area contributed by atoms with Gasteiger partial charge in [-0.25, -0.2) is 9.38 Å². The van der Waals surface area contributed by atoms with Gasteiger partial charge in [-0.05, 0) is 50.1 Å². The van der Waals surface area contributed by atoms with Crippen LogP contribution in [0.4, 0.5) is 5.95 Å². The first-order valence-corrected chi connectivity index (χ1v) is 12.4. The van der Waals surface area contributed by atoms with Crippen molar-refractivity contribution in [2.24, 2.45) is 0 Å². The van der Waals surface area contributed by atoms with Crippen LogP contribution in [0.15, 0.2) is 72.8 Å². The number of fused-ring (bicyclic) bond motifs is 3. The standard InChI is InChI=1S/C29H28N6O/c1-20-9-7-11-22(19-20)28(36)33-15-8-16-34(18-17-33)29-30-25-14-6-5-13-24(25)27-32-31-26(35(27)29)23-12-4-3-10-21(23)2/h3-7,9-14,19H,8,15-18H2,1-2H3. The molecule has 7 nitrogen and oxygen atoms in total. The highest BCUT2D eigenvalue weighted by molar-refractivity contribution is 5.95. The summed E-state index contributed by atoms with van der Waals surface area (Å²) in [5.41, 5.74) is 5.70. The molecule has 0 saturated carbocycles. The second kappa shape index (κ2) is 9.07. The Labute approximate surface area is 210 Å². The maximum Gasteiger partial charge on any atom is 0.253 e. The van der Waals surface area contributed by atoms with Gasteiger partial charge < -0.3 is 9.80 Å². The number of hydrogen-bond donors (Lipinski definition) is 0. The fourth-order valence-corrected chi connectivity index (χ4v) is 5.06. The highest BCUT2D eigenvalue weighted by Crippen LogP contribution is 2.30. The van der Waals surface area contributed by atoms with Crippen LogP contribution in [0.5, 0.6) is 0 Å². The molecule has 1 fully saturated rings. The fourth-order valence-electron chi connectivity index (χ4n) is 5.06. The van der Waals surface area contributed by atoms with E-state index in [4.69, 9.17) is 4.98 Å². The van der Waals surface area contributed by atoms with Gasteiger partial charge in [0.2, 0.25) is 5.95 Å². The van der Waals surface area contributed by atoms with Crippen molar-refractivity contribution in [3.8, 4) is 11.4 Å². The van der Waals surface area contributed by atoms with E-state index < -0.39 is 0 Å². The van der Waals surface area contributed by atoms with Crippen molar-refractivity contribution in [1.82, 2.24) is 24.5 Å². The van der Waals surface area contributed by atoms with Crippen LogP contribution in [0.1, 0.15) is 27.9 Å². The zero-order valence-corrected chi connectivity index (χ0v) is 20.6. The van der Waals surface area contributed by atoms with Crippen molar-refractivity contribution < 1.29 is 4.79 Å². The van der Waals surface area contributed by atoms with Crippen LogP contribution in [0.25, 0.3) is 27.9 Å². The Bertz CT molecular complexity index is 1590. The van der Waals surface area contributed by atoms with Gasteiger partial charge in [-0.3, -0.25) is 4.79 Å². The highest BCUT2D eigenvalue weighted by atomic mass is 16.2. The maximum absolute atomic E-state index is 13.2. The number of aryl methyl sites for hydroxylation is 2. The lowest BCUT2D eigenvalue weighted by atomic mass is 10.1. The molecule has 0 atom stereocenters. The Morgan fingerprint density at radius 3 is 2.53 bits per heavy atom. The first-order chi connectivity index (χ1) is 17.6. The molecule has 36 heavy (non-hydrogen) atoms. The quantitative estimate of drug-likeness (QED) is 0.370. The van der Waals surface area contributed by atoms with Crippen LogP contribution in [-0.4, -0.2) is 56.6 Å². The molecular weight excluding hydrogens is 448 g/mol. The van der Waals surface area contributed by atoms with Gasteiger partial charge in [-0.2, -0.15) is 0 Å². The molecular formula is C29H28N6O. The maximum atomic E-state index is 13.2. The number of anilines is 1. The third-order valence-electron chi connectivity index (χ3n) is 6.95. The smallest absolute Gasteiger partial charge is 0.253 e. The average molecular weight is 477 g/mol. The normalized spacial score (nSPS) is 14.4. The second-order valence-electron chi connectivity index (χ2n) is 9.43. The monoisotopic (exact) mass is 476 g/mol. The average Bonchev–Trinajstić information content (AvgIpc) is 3.19. The molecule has 3 heterocycles. The molecule has 0 unspecified atom stereocenters. The molecule has 0 bridgehead atoms. The lowest BCUT2D eigenvalue weighted by molar-refractivity contribution is 0.0767. The molecule has 0 spiro atoms. The van der Waals surface area contributed by atoms with Crippen LogP contribution in [0, 0.1) is 13.8 Å². The summed E-state index contributed by atoms with van der Waals surface area (Å²) in [5.74, 6) is 1.69. The molecule has 1 amide bonds. The molecule has 2 aromatic heterocycles. The largest absolute Gasteiger partial charge is 0.340 e. The Morgan fingerprint density at radius 1 is 0.833 bits per heavy atom. The van der Waals surface area contributed by atoms with E-state index in [1.54, 1.807) is 0 Å². The van der Waals surface area contributed by atoms with E-state index in [2.05, 4.69) is 38.6 Å². The van der Waals surface area contributed by atoms with E-state index in [-0.39, 0.29) is 5.91 Å². The number of benzene rings is 3. The number of aromatic nitrogens is 4. The summed E-state index contributed by atoms with van der Waals surface area (Å²) >= 11 is 0. The van der Waals surface area contributed by atoms with Crippen molar-refractivity contribution in [2.75, 3.05) is 31.1 Å². The Hall–Kier alpha value is -4.26. The minimum Gasteiger partial charge on any atom is -0.340 e. The van der Waals surface area contributed by atoms with Gasteiger partial charge in [-0.15, -0.1) is 10.2 Å². The van der Waals surface area contributed by atoms with E-state index in [1.165, 1.54) is 0 Å². The van der Waals surface area contributed by atoms with Crippen LogP contribution in [0.3, 0.4) is 0 Å². The zero-order valence-electron chi connectivity index (χ0n) is 20.6. The minimum atomic E-state index is 0.0852. The predicted molar refractivity (Wildman–Crippen MR) is 142 cm³/mol. The Kier molecular flexibility index (Phi) is 5.60. The molecule has 180 valence electrons. The molecule has 6 rings (SSSR count). The number of carbonyl (C=O) groups excluding carboxylic acids is 1. The third-order valence-corrected chi connectivity index (χ3v) is 6.95. The van der Waals surface area contributed by atoms with Crippen LogP contribution < -0.4 is 4.90 Å². The molecule has 0 radical (unpaired) electrons. The van der Waals surface area contributed by atoms with E-state index in [0.29, 0.717) is 19.6 Å². The lowest BCUT2D eigenvalue weighted by Crippen LogP contribution is -2.36. The molecule has 1 aliphatic heterocycles. The Morgan fingerprint density at radius 2 is 1.67 bits per heavy atom. The summed E-state index contributed by atoms with van der Waals surface area (Å²) in [7, 11) is 0. The van der Waals surface area contributed by atoms with Crippen molar-refractivity contribution in [1.29, 1.82) is 0 Å². The summed E-state index contributed by atoms with van der Waals surface area (Å²) in [6.07, 6.45) is 0.857. The third kappa shape index (κ3) is 3.86. The van der Waals surface area contributed by atoms with E-state index in [0.717, 1.165) is 63.5 Å². The van der Waals surface area contributed by atoms with Crippen LogP contribution in [-0.2, 0) is 0 Å². The fraction of sp³-hybridized carbons (Fsp3) is 0.241. The van der Waals surface area contributed by atoms with Crippen molar-refractivity contribution in [3.05, 3.63) is 89.5 Å². The highest BCUT2D eigenvalue weighted by Gasteiger charge is 2.25. The van der Waals surface area contributed by atoms with Crippen LogP contribution >= 0.6 is 0 Å².